The maximum Gasteiger partial charge on any atom is 0.304 e. The van der Waals surface area contributed by atoms with Gasteiger partial charge in [0.15, 0.2) is 9.84 Å². The van der Waals surface area contributed by atoms with Crippen LogP contribution in [0.1, 0.15) is 12.0 Å². The summed E-state index contributed by atoms with van der Waals surface area (Å²) in [6, 6.07) is 7.26. The quantitative estimate of drug-likeness (QED) is 0.808. The maximum absolute atomic E-state index is 11.4. The van der Waals surface area contributed by atoms with Crippen LogP contribution in [0, 0.1) is 6.92 Å². The molecule has 0 aliphatic carbocycles. The maximum atomic E-state index is 11.4. The van der Waals surface area contributed by atoms with Crippen LogP contribution in [0.4, 0.5) is 0 Å². The number of benzene rings is 1. The number of aliphatic carboxylic acids is 1. The Hall–Kier alpha value is -1.56. The SMILES string of the molecule is Cc1ccc(OCCS(=O)(=O)CCC(=O)O)cc1. The topological polar surface area (TPSA) is 80.7 Å². The number of hydrogen-bond acceptors (Lipinski definition) is 4. The molecule has 0 bridgehead atoms. The third-order valence-corrected chi connectivity index (χ3v) is 3.93. The van der Waals surface area contributed by atoms with Crippen molar-refractivity contribution in [3.8, 4) is 5.75 Å². The van der Waals surface area contributed by atoms with E-state index >= 15 is 0 Å². The van der Waals surface area contributed by atoms with E-state index < -0.39 is 15.8 Å². The normalized spacial score (nSPS) is 11.2. The smallest absolute Gasteiger partial charge is 0.304 e. The summed E-state index contributed by atoms with van der Waals surface area (Å²) in [5, 5.41) is 8.41. The summed E-state index contributed by atoms with van der Waals surface area (Å²) in [4.78, 5) is 10.3. The molecule has 0 fully saturated rings. The third-order valence-electron chi connectivity index (χ3n) is 2.31. The lowest BCUT2D eigenvalue weighted by Gasteiger charge is -2.06. The Balaban J connectivity index is 2.37. The molecule has 0 atom stereocenters. The number of ether oxygens (including phenoxy) is 1. The van der Waals surface area contributed by atoms with E-state index in [9.17, 15) is 13.2 Å². The number of hydrogen-bond donors (Lipinski definition) is 1. The van der Waals surface area contributed by atoms with Gasteiger partial charge >= 0.3 is 5.97 Å². The summed E-state index contributed by atoms with van der Waals surface area (Å²) in [6.07, 6.45) is -0.368. The minimum Gasteiger partial charge on any atom is -0.493 e. The first-order valence-corrected chi connectivity index (χ1v) is 7.33. The first kappa shape index (κ1) is 14.5. The van der Waals surface area contributed by atoms with Crippen molar-refractivity contribution in [2.75, 3.05) is 18.1 Å². The molecule has 1 aromatic carbocycles. The second-order valence-electron chi connectivity index (χ2n) is 3.96. The number of carboxylic acid groups (broad SMARTS) is 1. The molecule has 0 heterocycles. The standard InChI is InChI=1S/C12H16O5S/c1-10-2-4-11(5-3-10)17-7-9-18(15,16)8-6-12(13)14/h2-5H,6-9H2,1H3,(H,13,14). The molecule has 0 saturated heterocycles. The van der Waals surface area contributed by atoms with Gasteiger partial charge in [-0.25, -0.2) is 8.42 Å². The summed E-state index contributed by atoms with van der Waals surface area (Å²) in [6.45, 7) is 1.98. The van der Waals surface area contributed by atoms with Gasteiger partial charge in [-0.1, -0.05) is 17.7 Å². The molecule has 0 unspecified atom stereocenters. The van der Waals surface area contributed by atoms with Crippen LogP contribution in [-0.2, 0) is 14.6 Å². The molecule has 0 saturated carbocycles. The predicted octanol–water partition coefficient (Wildman–Crippen LogP) is 1.26. The number of carboxylic acids is 1. The number of aryl methyl sites for hydroxylation is 1. The molecule has 0 aliphatic heterocycles. The van der Waals surface area contributed by atoms with E-state index in [1.807, 2.05) is 19.1 Å². The van der Waals surface area contributed by atoms with Crippen LogP contribution in [0.5, 0.6) is 5.75 Å². The van der Waals surface area contributed by atoms with Crippen LogP contribution in [0.3, 0.4) is 0 Å². The Bertz CT molecular complexity index is 490. The molecular weight excluding hydrogens is 256 g/mol. The van der Waals surface area contributed by atoms with Crippen molar-refractivity contribution < 1.29 is 23.1 Å². The Morgan fingerprint density at radius 1 is 1.22 bits per heavy atom. The zero-order valence-corrected chi connectivity index (χ0v) is 10.9. The predicted molar refractivity (Wildman–Crippen MR) is 67.6 cm³/mol. The van der Waals surface area contributed by atoms with Gasteiger partial charge in [0.1, 0.15) is 12.4 Å². The molecule has 0 amide bonds. The van der Waals surface area contributed by atoms with Crippen molar-refractivity contribution in [2.24, 2.45) is 0 Å². The lowest BCUT2D eigenvalue weighted by Crippen LogP contribution is -2.18. The second kappa shape index (κ2) is 6.39. The highest BCUT2D eigenvalue weighted by Gasteiger charge is 2.13. The number of sulfone groups is 1. The van der Waals surface area contributed by atoms with Crippen LogP contribution >= 0.6 is 0 Å². The molecular formula is C12H16O5S. The summed E-state index contributed by atoms with van der Waals surface area (Å²) >= 11 is 0. The second-order valence-corrected chi connectivity index (χ2v) is 6.26. The fourth-order valence-corrected chi connectivity index (χ4v) is 2.29. The first-order valence-electron chi connectivity index (χ1n) is 5.51. The first-order chi connectivity index (χ1) is 8.39. The van der Waals surface area contributed by atoms with E-state index in [1.165, 1.54) is 0 Å². The third kappa shape index (κ3) is 5.67. The van der Waals surface area contributed by atoms with Crippen LogP contribution < -0.4 is 4.74 Å². The van der Waals surface area contributed by atoms with Crippen LogP contribution in [0.15, 0.2) is 24.3 Å². The van der Waals surface area contributed by atoms with E-state index in [1.54, 1.807) is 12.1 Å². The average molecular weight is 272 g/mol. The zero-order chi connectivity index (χ0) is 13.6. The monoisotopic (exact) mass is 272 g/mol. The minimum atomic E-state index is -3.36. The van der Waals surface area contributed by atoms with Gasteiger partial charge in [0, 0.05) is 0 Å². The fraction of sp³-hybridized carbons (Fsp3) is 0.417. The molecule has 6 heteroatoms. The van der Waals surface area contributed by atoms with Gasteiger partial charge in [0.25, 0.3) is 0 Å². The largest absolute Gasteiger partial charge is 0.493 e. The average Bonchev–Trinajstić information content (AvgIpc) is 2.29. The summed E-state index contributed by atoms with van der Waals surface area (Å²) < 4.78 is 28.1. The minimum absolute atomic E-state index is 0.0328. The highest BCUT2D eigenvalue weighted by atomic mass is 32.2. The molecule has 0 radical (unpaired) electrons. The highest BCUT2D eigenvalue weighted by Crippen LogP contribution is 2.11. The molecule has 1 rings (SSSR count). The van der Waals surface area contributed by atoms with Crippen molar-refractivity contribution in [3.05, 3.63) is 29.8 Å². The van der Waals surface area contributed by atoms with Gasteiger partial charge in [-0.15, -0.1) is 0 Å². The van der Waals surface area contributed by atoms with E-state index in [4.69, 9.17) is 9.84 Å². The molecule has 5 nitrogen and oxygen atoms in total. The van der Waals surface area contributed by atoms with Gasteiger partial charge in [0.05, 0.1) is 17.9 Å². The number of carbonyl (C=O) groups is 1. The zero-order valence-electron chi connectivity index (χ0n) is 10.1. The highest BCUT2D eigenvalue weighted by molar-refractivity contribution is 7.91. The van der Waals surface area contributed by atoms with Crippen LogP contribution in [0.2, 0.25) is 0 Å². The van der Waals surface area contributed by atoms with E-state index in [0.717, 1.165) is 5.56 Å². The Kier molecular flexibility index (Phi) is 5.15. The molecule has 0 aliphatic rings. The van der Waals surface area contributed by atoms with Crippen molar-refractivity contribution >= 4 is 15.8 Å². The van der Waals surface area contributed by atoms with Gasteiger partial charge in [0.2, 0.25) is 0 Å². The Labute approximate surface area is 106 Å². The van der Waals surface area contributed by atoms with Gasteiger partial charge in [-0.05, 0) is 19.1 Å². The van der Waals surface area contributed by atoms with Crippen molar-refractivity contribution in [1.82, 2.24) is 0 Å². The summed E-state index contributed by atoms with van der Waals surface area (Å²) in [7, 11) is -3.36. The lowest BCUT2D eigenvalue weighted by atomic mass is 10.2. The molecule has 0 spiro atoms. The lowest BCUT2D eigenvalue weighted by molar-refractivity contribution is -0.136. The van der Waals surface area contributed by atoms with Crippen molar-refractivity contribution in [1.29, 1.82) is 0 Å². The fourth-order valence-electron chi connectivity index (χ4n) is 1.27. The summed E-state index contributed by atoms with van der Waals surface area (Å²) in [5.41, 5.74) is 1.09. The van der Waals surface area contributed by atoms with E-state index in [-0.39, 0.29) is 24.5 Å². The van der Waals surface area contributed by atoms with Gasteiger partial charge in [-0.2, -0.15) is 0 Å². The van der Waals surface area contributed by atoms with Crippen molar-refractivity contribution in [2.45, 2.75) is 13.3 Å². The van der Waals surface area contributed by atoms with Gasteiger partial charge < -0.3 is 9.84 Å². The van der Waals surface area contributed by atoms with Crippen LogP contribution in [-0.4, -0.2) is 37.6 Å². The summed E-state index contributed by atoms with van der Waals surface area (Å²) in [5.74, 6) is -1.03. The van der Waals surface area contributed by atoms with Crippen LogP contribution in [0.25, 0.3) is 0 Å². The van der Waals surface area contributed by atoms with E-state index in [0.29, 0.717) is 5.75 Å². The molecule has 0 aromatic heterocycles. The molecule has 18 heavy (non-hydrogen) atoms. The number of rotatable bonds is 7. The van der Waals surface area contributed by atoms with E-state index in [2.05, 4.69) is 0 Å². The Morgan fingerprint density at radius 2 is 1.83 bits per heavy atom. The van der Waals surface area contributed by atoms with Crippen molar-refractivity contribution in [3.63, 3.8) is 0 Å². The van der Waals surface area contributed by atoms with Gasteiger partial charge in [-0.3, -0.25) is 4.79 Å². The Morgan fingerprint density at radius 3 is 2.39 bits per heavy atom. The molecule has 1 aromatic rings. The molecule has 1 N–H and O–H groups in total. The molecule has 100 valence electrons.